The van der Waals surface area contributed by atoms with Crippen molar-refractivity contribution in [3.8, 4) is 11.1 Å². The van der Waals surface area contributed by atoms with Gasteiger partial charge in [0, 0.05) is 35.2 Å². The zero-order valence-electron chi connectivity index (χ0n) is 22.2. The lowest BCUT2D eigenvalue weighted by molar-refractivity contribution is -0.117. The first kappa shape index (κ1) is 27.9. The number of halogens is 1. The highest BCUT2D eigenvalue weighted by atomic mass is 127. The molecule has 0 aliphatic heterocycles. The van der Waals surface area contributed by atoms with Gasteiger partial charge in [-0.2, -0.15) is 5.10 Å². The molecule has 0 radical (unpaired) electrons. The molecule has 1 unspecified atom stereocenters. The molecule has 1 aromatic carbocycles. The average molecular weight is 650 g/mol. The SMILES string of the molecule is CC.CSc1cc(-c2c(C)nn(C)c2C)ccc1Nc1cc(NC(=O)C2CC2)nc2c1nc(C)n2PI. The maximum absolute atomic E-state index is 12.5. The lowest BCUT2D eigenvalue weighted by Crippen LogP contribution is -2.14. The first-order valence-electron chi connectivity index (χ1n) is 12.3. The molecule has 0 spiro atoms. The Hall–Kier alpha value is -2.17. The van der Waals surface area contributed by atoms with Gasteiger partial charge < -0.3 is 10.6 Å². The zero-order chi connectivity index (χ0) is 26.9. The average Bonchev–Trinajstić information content (AvgIpc) is 3.64. The van der Waals surface area contributed by atoms with E-state index in [2.05, 4.69) is 73.5 Å². The summed E-state index contributed by atoms with van der Waals surface area (Å²) < 4.78 is 4.01. The molecule has 4 aromatic rings. The standard InChI is InChI=1S/C24H27IN7OPS.C2H6/c1-12-21(13(2)31(4)30-12)16-8-9-17(19(10-16)35-5)27-18-11-20(29-24(33)15-6-7-15)28-23-22(18)26-14(3)32(23)34-25;1-2/h8-11,15,34H,6-7H2,1-5H3,(H2,27,28,29,33);1-2H3. The van der Waals surface area contributed by atoms with E-state index in [-0.39, 0.29) is 11.8 Å². The van der Waals surface area contributed by atoms with Crippen molar-refractivity contribution in [1.29, 1.82) is 0 Å². The monoisotopic (exact) mass is 649 g/mol. The van der Waals surface area contributed by atoms with Crippen molar-refractivity contribution in [2.75, 3.05) is 16.9 Å². The molecule has 1 saturated carbocycles. The summed E-state index contributed by atoms with van der Waals surface area (Å²) in [6.07, 6.45) is 4.43. The van der Waals surface area contributed by atoms with Crippen LogP contribution in [-0.2, 0) is 11.8 Å². The fourth-order valence-electron chi connectivity index (χ4n) is 4.28. The number of nitrogens with one attached hydrogen (secondary N) is 2. The third-order valence-corrected chi connectivity index (χ3v) is 9.27. The maximum Gasteiger partial charge on any atom is 0.228 e. The highest BCUT2D eigenvalue weighted by Crippen LogP contribution is 2.39. The predicted molar refractivity (Wildman–Crippen MR) is 166 cm³/mol. The summed E-state index contributed by atoms with van der Waals surface area (Å²) in [5.41, 5.74) is 7.86. The van der Waals surface area contributed by atoms with Gasteiger partial charge >= 0.3 is 0 Å². The highest BCUT2D eigenvalue weighted by Gasteiger charge is 2.30. The van der Waals surface area contributed by atoms with Crippen LogP contribution >= 0.6 is 40.2 Å². The first-order valence-corrected chi connectivity index (χ1v) is 17.6. The molecular formula is C26H33IN7OPS. The van der Waals surface area contributed by atoms with Gasteiger partial charge in [0.05, 0.1) is 23.4 Å². The molecule has 1 aliphatic rings. The normalized spacial score (nSPS) is 13.2. The Labute approximate surface area is 237 Å². The number of pyridine rings is 1. The number of anilines is 3. The maximum atomic E-state index is 12.5. The molecule has 1 fully saturated rings. The molecule has 1 amide bonds. The van der Waals surface area contributed by atoms with Crippen LogP contribution in [0.1, 0.15) is 43.9 Å². The smallest absolute Gasteiger partial charge is 0.228 e. The van der Waals surface area contributed by atoms with E-state index < -0.39 is 0 Å². The van der Waals surface area contributed by atoms with Crippen molar-refractivity contribution >= 4 is 74.4 Å². The van der Waals surface area contributed by atoms with E-state index in [0.717, 1.165) is 63.1 Å². The number of imidazole rings is 1. The molecule has 0 bridgehead atoms. The number of nitrogens with zero attached hydrogens (tertiary/aromatic N) is 5. The summed E-state index contributed by atoms with van der Waals surface area (Å²) in [5, 5.41) is 11.2. The van der Waals surface area contributed by atoms with Crippen LogP contribution in [0.2, 0.25) is 0 Å². The van der Waals surface area contributed by atoms with E-state index in [4.69, 9.17) is 9.97 Å². The van der Waals surface area contributed by atoms with Gasteiger partial charge in [0.15, 0.2) is 5.65 Å². The minimum absolute atomic E-state index is 0.0406. The molecular weight excluding hydrogens is 616 g/mol. The quantitative estimate of drug-likeness (QED) is 0.123. The fraction of sp³-hybridized carbons (Fsp3) is 0.385. The molecule has 0 saturated heterocycles. The van der Waals surface area contributed by atoms with E-state index in [1.165, 1.54) is 5.56 Å². The van der Waals surface area contributed by atoms with Gasteiger partial charge in [0.25, 0.3) is 0 Å². The lowest BCUT2D eigenvalue weighted by Gasteiger charge is -2.15. The van der Waals surface area contributed by atoms with Crippen molar-refractivity contribution in [3.63, 3.8) is 0 Å². The topological polar surface area (TPSA) is 89.7 Å². The van der Waals surface area contributed by atoms with Crippen molar-refractivity contribution < 1.29 is 4.79 Å². The second kappa shape index (κ2) is 11.7. The number of aryl methyl sites for hydroxylation is 3. The molecule has 2 N–H and O–H groups in total. The number of benzene rings is 1. The number of hydrogen-bond donors (Lipinski definition) is 2. The Kier molecular flexibility index (Phi) is 8.81. The van der Waals surface area contributed by atoms with Gasteiger partial charge in [-0.15, -0.1) is 11.8 Å². The van der Waals surface area contributed by atoms with Gasteiger partial charge in [-0.1, -0.05) is 19.9 Å². The van der Waals surface area contributed by atoms with Gasteiger partial charge in [-0.05, 0) is 79.6 Å². The Bertz CT molecular complexity index is 1460. The second-order valence-electron chi connectivity index (χ2n) is 8.78. The summed E-state index contributed by atoms with van der Waals surface area (Å²) in [6.45, 7) is 10.1. The van der Waals surface area contributed by atoms with Crippen LogP contribution in [0.3, 0.4) is 0 Å². The molecule has 1 atom stereocenters. The Balaban J connectivity index is 0.00000156. The summed E-state index contributed by atoms with van der Waals surface area (Å²) in [5.74, 6) is 1.60. The minimum atomic E-state index is 0.0406. The molecule has 1 aliphatic carbocycles. The van der Waals surface area contributed by atoms with Crippen molar-refractivity contribution in [2.45, 2.75) is 52.4 Å². The van der Waals surface area contributed by atoms with E-state index in [9.17, 15) is 4.79 Å². The Morgan fingerprint density at radius 2 is 1.86 bits per heavy atom. The molecule has 3 aromatic heterocycles. The fourth-order valence-corrected chi connectivity index (χ4v) is 7.00. The molecule has 3 heterocycles. The largest absolute Gasteiger partial charge is 0.353 e. The second-order valence-corrected chi connectivity index (χ2v) is 11.7. The highest BCUT2D eigenvalue weighted by molar-refractivity contribution is 14.2. The number of hydrogen-bond acceptors (Lipinski definition) is 6. The third kappa shape index (κ3) is 5.66. The lowest BCUT2D eigenvalue weighted by atomic mass is 10.0. The summed E-state index contributed by atoms with van der Waals surface area (Å²) in [6, 6.07) is 8.33. The van der Waals surface area contributed by atoms with Crippen LogP contribution in [0.5, 0.6) is 0 Å². The summed E-state index contributed by atoms with van der Waals surface area (Å²) in [4.78, 5) is 23.1. The van der Waals surface area contributed by atoms with Gasteiger partial charge in [0.1, 0.15) is 17.2 Å². The summed E-state index contributed by atoms with van der Waals surface area (Å²) in [7, 11) is 1.98. The van der Waals surface area contributed by atoms with Gasteiger partial charge in [-0.3, -0.25) is 13.8 Å². The summed E-state index contributed by atoms with van der Waals surface area (Å²) >= 11 is 4.02. The molecule has 11 heteroatoms. The molecule has 37 heavy (non-hydrogen) atoms. The number of carbonyl (C=O) groups excluding carboxylic acids is 1. The number of thioether (sulfide) groups is 1. The van der Waals surface area contributed by atoms with Crippen LogP contribution < -0.4 is 10.6 Å². The predicted octanol–water partition coefficient (Wildman–Crippen LogP) is 7.39. The third-order valence-electron chi connectivity index (χ3n) is 6.34. The number of carbonyl (C=O) groups is 1. The Morgan fingerprint density at radius 1 is 1.14 bits per heavy atom. The van der Waals surface area contributed by atoms with Crippen LogP contribution in [0.4, 0.5) is 17.2 Å². The van der Waals surface area contributed by atoms with E-state index >= 15 is 0 Å². The number of aromatic nitrogens is 5. The first-order chi connectivity index (χ1) is 17.8. The number of amides is 1. The van der Waals surface area contributed by atoms with Crippen molar-refractivity contribution in [1.82, 2.24) is 24.1 Å². The van der Waals surface area contributed by atoms with Crippen LogP contribution in [-0.4, -0.2) is 36.2 Å². The zero-order valence-corrected chi connectivity index (χ0v) is 26.2. The number of fused-ring (bicyclic) bond motifs is 1. The van der Waals surface area contributed by atoms with Crippen LogP contribution in [0.25, 0.3) is 22.3 Å². The van der Waals surface area contributed by atoms with Crippen LogP contribution in [0, 0.1) is 26.7 Å². The van der Waals surface area contributed by atoms with E-state index in [1.54, 1.807) is 11.8 Å². The minimum Gasteiger partial charge on any atom is -0.353 e. The van der Waals surface area contributed by atoms with E-state index in [1.807, 2.05) is 45.5 Å². The molecule has 196 valence electrons. The van der Waals surface area contributed by atoms with Crippen molar-refractivity contribution in [3.05, 3.63) is 41.5 Å². The Morgan fingerprint density at radius 3 is 2.46 bits per heavy atom. The number of rotatable bonds is 7. The van der Waals surface area contributed by atoms with Crippen LogP contribution in [0.15, 0.2) is 29.2 Å². The van der Waals surface area contributed by atoms with Gasteiger partial charge in [0.2, 0.25) is 5.91 Å². The van der Waals surface area contributed by atoms with E-state index in [0.29, 0.717) is 12.2 Å². The van der Waals surface area contributed by atoms with Gasteiger partial charge in [-0.25, -0.2) is 9.97 Å². The van der Waals surface area contributed by atoms with Crippen molar-refractivity contribution in [2.24, 2.45) is 13.0 Å². The molecule has 5 rings (SSSR count). The molecule has 8 nitrogen and oxygen atoms in total.